The Balaban J connectivity index is 1.83. The van der Waals surface area contributed by atoms with Gasteiger partial charge in [0.25, 0.3) is 0 Å². The lowest BCUT2D eigenvalue weighted by molar-refractivity contribution is 0.628. The SMILES string of the molecule is N#C/C(=C\c1cccnc1)c1c[nH]c2ccc(-c3ccc(F)cc3)cc12. The van der Waals surface area contributed by atoms with Crippen LogP contribution in [-0.4, -0.2) is 9.97 Å². The minimum absolute atomic E-state index is 0.261. The number of nitrogens with zero attached hydrogens (tertiary/aromatic N) is 2. The Morgan fingerprint density at radius 3 is 2.62 bits per heavy atom. The van der Waals surface area contributed by atoms with E-state index in [9.17, 15) is 9.65 Å². The first-order valence-corrected chi connectivity index (χ1v) is 8.14. The molecular weight excluding hydrogens is 325 g/mol. The van der Waals surface area contributed by atoms with E-state index in [4.69, 9.17) is 0 Å². The molecule has 0 spiro atoms. The predicted octanol–water partition coefficient (Wildman–Crippen LogP) is 5.43. The number of allylic oxidation sites excluding steroid dienone is 1. The lowest BCUT2D eigenvalue weighted by atomic mass is 9.99. The summed E-state index contributed by atoms with van der Waals surface area (Å²) in [6.45, 7) is 0. The van der Waals surface area contributed by atoms with Gasteiger partial charge in [-0.3, -0.25) is 4.98 Å². The molecule has 0 saturated carbocycles. The van der Waals surface area contributed by atoms with Crippen molar-refractivity contribution in [3.63, 3.8) is 0 Å². The molecule has 0 radical (unpaired) electrons. The fraction of sp³-hybridized carbons (Fsp3) is 0. The first-order valence-electron chi connectivity index (χ1n) is 8.14. The molecule has 0 aliphatic carbocycles. The first kappa shape index (κ1) is 15.8. The molecule has 0 atom stereocenters. The fourth-order valence-corrected chi connectivity index (χ4v) is 2.96. The number of fused-ring (bicyclic) bond motifs is 1. The van der Waals surface area contributed by atoms with Crippen molar-refractivity contribution in [3.8, 4) is 17.2 Å². The summed E-state index contributed by atoms with van der Waals surface area (Å²) in [4.78, 5) is 7.29. The van der Waals surface area contributed by atoms with E-state index in [0.717, 1.165) is 33.2 Å². The van der Waals surface area contributed by atoms with Crippen LogP contribution in [0.15, 0.2) is 73.2 Å². The van der Waals surface area contributed by atoms with Crippen LogP contribution >= 0.6 is 0 Å². The molecule has 124 valence electrons. The zero-order valence-corrected chi connectivity index (χ0v) is 13.8. The van der Waals surface area contributed by atoms with Crippen molar-refractivity contribution in [3.05, 3.63) is 90.1 Å². The monoisotopic (exact) mass is 339 g/mol. The summed E-state index contributed by atoms with van der Waals surface area (Å²) in [5, 5.41) is 10.6. The molecule has 0 aliphatic heterocycles. The van der Waals surface area contributed by atoms with Crippen molar-refractivity contribution in [2.24, 2.45) is 0 Å². The van der Waals surface area contributed by atoms with Crippen molar-refractivity contribution >= 4 is 22.6 Å². The van der Waals surface area contributed by atoms with Gasteiger partial charge in [-0.25, -0.2) is 4.39 Å². The Bertz CT molecular complexity index is 1130. The summed E-state index contributed by atoms with van der Waals surface area (Å²) in [5.41, 5.74) is 5.09. The van der Waals surface area contributed by atoms with Gasteiger partial charge in [0.15, 0.2) is 0 Å². The second kappa shape index (κ2) is 6.66. The third-order valence-electron chi connectivity index (χ3n) is 4.27. The van der Waals surface area contributed by atoms with Gasteiger partial charge in [-0.2, -0.15) is 5.26 Å². The maximum Gasteiger partial charge on any atom is 0.123 e. The number of rotatable bonds is 3. The number of aromatic amines is 1. The zero-order chi connectivity index (χ0) is 17.9. The lowest BCUT2D eigenvalue weighted by Crippen LogP contribution is -1.83. The zero-order valence-electron chi connectivity index (χ0n) is 13.8. The normalized spacial score (nSPS) is 11.5. The summed E-state index contributed by atoms with van der Waals surface area (Å²) in [7, 11) is 0. The van der Waals surface area contributed by atoms with Crippen molar-refractivity contribution in [2.45, 2.75) is 0 Å². The number of hydrogen-bond acceptors (Lipinski definition) is 2. The van der Waals surface area contributed by atoms with Crippen LogP contribution in [-0.2, 0) is 0 Å². The van der Waals surface area contributed by atoms with Crippen LogP contribution in [0.5, 0.6) is 0 Å². The standard InChI is InChI=1S/C22H14FN3/c23-19-6-3-16(4-7-19)17-5-8-22-20(11-17)21(14-26-22)18(12-24)10-15-2-1-9-25-13-15/h1-11,13-14,26H/b18-10+. The second-order valence-electron chi connectivity index (χ2n) is 5.93. The van der Waals surface area contributed by atoms with Gasteiger partial charge >= 0.3 is 0 Å². The highest BCUT2D eigenvalue weighted by atomic mass is 19.1. The number of benzene rings is 2. The third-order valence-corrected chi connectivity index (χ3v) is 4.27. The fourth-order valence-electron chi connectivity index (χ4n) is 2.96. The second-order valence-corrected chi connectivity index (χ2v) is 5.93. The van der Waals surface area contributed by atoms with Crippen molar-refractivity contribution in [2.75, 3.05) is 0 Å². The van der Waals surface area contributed by atoms with Gasteiger partial charge in [-0.15, -0.1) is 0 Å². The molecule has 0 amide bonds. The summed E-state index contributed by atoms with van der Waals surface area (Å²) in [6, 6.07) is 18.4. The number of hydrogen-bond donors (Lipinski definition) is 1. The molecule has 2 heterocycles. The van der Waals surface area contributed by atoms with E-state index in [0.29, 0.717) is 5.57 Å². The molecule has 0 aliphatic rings. The maximum atomic E-state index is 13.2. The van der Waals surface area contributed by atoms with Crippen LogP contribution in [0.3, 0.4) is 0 Å². The van der Waals surface area contributed by atoms with Crippen LogP contribution in [0.25, 0.3) is 33.7 Å². The molecule has 26 heavy (non-hydrogen) atoms. The van der Waals surface area contributed by atoms with Crippen LogP contribution in [0.4, 0.5) is 4.39 Å². The smallest absolute Gasteiger partial charge is 0.123 e. The quantitative estimate of drug-likeness (QED) is 0.506. The van der Waals surface area contributed by atoms with E-state index < -0.39 is 0 Å². The summed E-state index contributed by atoms with van der Waals surface area (Å²) >= 11 is 0. The Hall–Kier alpha value is -3.71. The van der Waals surface area contributed by atoms with Crippen molar-refractivity contribution in [1.29, 1.82) is 5.26 Å². The van der Waals surface area contributed by atoms with Crippen molar-refractivity contribution in [1.82, 2.24) is 9.97 Å². The minimum atomic E-state index is -0.261. The Labute approximate surface area is 150 Å². The Morgan fingerprint density at radius 2 is 1.88 bits per heavy atom. The molecule has 4 heteroatoms. The summed E-state index contributed by atoms with van der Waals surface area (Å²) < 4.78 is 13.2. The van der Waals surface area contributed by atoms with Gasteiger partial charge in [0, 0.05) is 35.1 Å². The van der Waals surface area contributed by atoms with E-state index in [1.807, 2.05) is 42.6 Å². The third kappa shape index (κ3) is 2.99. The summed E-state index contributed by atoms with van der Waals surface area (Å²) in [5.74, 6) is -0.261. The topological polar surface area (TPSA) is 52.5 Å². The molecule has 0 unspecified atom stereocenters. The highest BCUT2D eigenvalue weighted by molar-refractivity contribution is 6.02. The van der Waals surface area contributed by atoms with Gasteiger partial charge in [-0.05, 0) is 53.1 Å². The van der Waals surface area contributed by atoms with Crippen LogP contribution in [0, 0.1) is 17.1 Å². The predicted molar refractivity (Wildman–Crippen MR) is 101 cm³/mol. The molecule has 0 saturated heterocycles. The van der Waals surface area contributed by atoms with Gasteiger partial charge in [0.05, 0.1) is 11.6 Å². The maximum absolute atomic E-state index is 13.2. The van der Waals surface area contributed by atoms with E-state index in [1.54, 1.807) is 24.5 Å². The van der Waals surface area contributed by atoms with Gasteiger partial charge in [0.1, 0.15) is 5.82 Å². The first-order chi connectivity index (χ1) is 12.7. The number of nitrogens with one attached hydrogen (secondary N) is 1. The number of halogens is 1. The van der Waals surface area contributed by atoms with Gasteiger partial charge < -0.3 is 4.98 Å². The summed E-state index contributed by atoms with van der Waals surface area (Å²) in [6.07, 6.45) is 7.07. The van der Waals surface area contributed by atoms with Crippen LogP contribution < -0.4 is 0 Å². The Kier molecular flexibility index (Phi) is 4.04. The number of nitriles is 1. The largest absolute Gasteiger partial charge is 0.361 e. The van der Waals surface area contributed by atoms with Gasteiger partial charge in [-0.1, -0.05) is 24.3 Å². The molecule has 3 nitrogen and oxygen atoms in total. The molecule has 4 aromatic rings. The minimum Gasteiger partial charge on any atom is -0.361 e. The molecule has 1 N–H and O–H groups in total. The van der Waals surface area contributed by atoms with E-state index in [-0.39, 0.29) is 5.82 Å². The molecule has 0 fully saturated rings. The van der Waals surface area contributed by atoms with Crippen LogP contribution in [0.1, 0.15) is 11.1 Å². The van der Waals surface area contributed by atoms with E-state index >= 15 is 0 Å². The van der Waals surface area contributed by atoms with Crippen LogP contribution in [0.2, 0.25) is 0 Å². The molecule has 4 rings (SSSR count). The van der Waals surface area contributed by atoms with Gasteiger partial charge in [0.2, 0.25) is 0 Å². The highest BCUT2D eigenvalue weighted by Crippen LogP contribution is 2.30. The molecule has 2 aromatic carbocycles. The number of pyridine rings is 1. The average Bonchev–Trinajstić information content (AvgIpc) is 3.10. The molecular formula is C22H14FN3. The number of aromatic nitrogens is 2. The van der Waals surface area contributed by atoms with E-state index in [1.165, 1.54) is 12.1 Å². The van der Waals surface area contributed by atoms with Crippen molar-refractivity contribution < 1.29 is 4.39 Å². The molecule has 0 bridgehead atoms. The highest BCUT2D eigenvalue weighted by Gasteiger charge is 2.10. The number of H-pyrrole nitrogens is 1. The van der Waals surface area contributed by atoms with E-state index in [2.05, 4.69) is 16.0 Å². The lowest BCUT2D eigenvalue weighted by Gasteiger charge is -2.04. The average molecular weight is 339 g/mol. The Morgan fingerprint density at radius 1 is 1.08 bits per heavy atom. The molecule has 2 aromatic heterocycles.